The van der Waals surface area contributed by atoms with E-state index in [-0.39, 0.29) is 12.5 Å². The summed E-state index contributed by atoms with van der Waals surface area (Å²) in [5, 5.41) is 4.02. The second kappa shape index (κ2) is 6.02. The highest BCUT2D eigenvalue weighted by Crippen LogP contribution is 2.26. The van der Waals surface area contributed by atoms with Crippen molar-refractivity contribution in [2.45, 2.75) is 6.42 Å². The monoisotopic (exact) mass is 294 g/mol. The Morgan fingerprint density at radius 1 is 1.40 bits per heavy atom. The van der Waals surface area contributed by atoms with E-state index < -0.39 is 0 Å². The first-order valence-corrected chi connectivity index (χ1v) is 7.47. The molecule has 0 radical (unpaired) electrons. The van der Waals surface area contributed by atoms with E-state index in [1.165, 1.54) is 0 Å². The number of ether oxygens (including phenoxy) is 1. The molecule has 108 valence electrons. The van der Waals surface area contributed by atoms with Crippen LogP contribution in [0.2, 0.25) is 5.02 Å². The Morgan fingerprint density at radius 3 is 3.10 bits per heavy atom. The highest BCUT2D eigenvalue weighted by molar-refractivity contribution is 6.30. The maximum Gasteiger partial charge on any atom is 0.260 e. The first kappa shape index (κ1) is 13.7. The lowest BCUT2D eigenvalue weighted by Crippen LogP contribution is -2.45. The van der Waals surface area contributed by atoms with Crippen molar-refractivity contribution in [3.63, 3.8) is 0 Å². The number of nitrogens with one attached hydrogen (secondary N) is 1. The summed E-state index contributed by atoms with van der Waals surface area (Å²) in [6.07, 6.45) is 1.10. The molecule has 2 saturated heterocycles. The van der Waals surface area contributed by atoms with Gasteiger partial charge < -0.3 is 15.0 Å². The molecule has 1 aromatic carbocycles. The first-order chi connectivity index (χ1) is 9.72. The zero-order valence-electron chi connectivity index (χ0n) is 11.3. The van der Waals surface area contributed by atoms with Gasteiger partial charge in [-0.2, -0.15) is 0 Å². The predicted octanol–water partition coefficient (Wildman–Crippen LogP) is 1.79. The highest BCUT2D eigenvalue weighted by atomic mass is 35.5. The minimum atomic E-state index is 0.0651. The van der Waals surface area contributed by atoms with Gasteiger partial charge >= 0.3 is 0 Å². The number of hydrogen-bond acceptors (Lipinski definition) is 3. The molecule has 2 heterocycles. The van der Waals surface area contributed by atoms with Crippen LogP contribution < -0.4 is 10.1 Å². The third-order valence-corrected chi connectivity index (χ3v) is 4.45. The number of nitrogens with zero attached hydrogens (tertiary/aromatic N) is 1. The summed E-state index contributed by atoms with van der Waals surface area (Å²) < 4.78 is 5.52. The number of benzene rings is 1. The fraction of sp³-hybridized carbons (Fsp3) is 0.533. The number of carbonyl (C=O) groups is 1. The van der Waals surface area contributed by atoms with Crippen LogP contribution in [0.3, 0.4) is 0 Å². The molecule has 2 fully saturated rings. The second-order valence-corrected chi connectivity index (χ2v) is 5.99. The number of halogens is 1. The molecule has 0 aliphatic carbocycles. The van der Waals surface area contributed by atoms with E-state index in [1.807, 2.05) is 17.0 Å². The van der Waals surface area contributed by atoms with Crippen molar-refractivity contribution in [2.24, 2.45) is 11.8 Å². The van der Waals surface area contributed by atoms with E-state index in [1.54, 1.807) is 12.1 Å². The molecule has 20 heavy (non-hydrogen) atoms. The minimum Gasteiger partial charge on any atom is -0.484 e. The lowest BCUT2D eigenvalue weighted by molar-refractivity contribution is -0.135. The van der Waals surface area contributed by atoms with Crippen LogP contribution in [0.15, 0.2) is 24.3 Å². The van der Waals surface area contributed by atoms with Gasteiger partial charge in [0.2, 0.25) is 0 Å². The van der Waals surface area contributed by atoms with Gasteiger partial charge in [-0.3, -0.25) is 4.79 Å². The Balaban J connectivity index is 1.52. The van der Waals surface area contributed by atoms with E-state index in [2.05, 4.69) is 5.32 Å². The van der Waals surface area contributed by atoms with E-state index in [9.17, 15) is 4.79 Å². The van der Waals surface area contributed by atoms with Crippen molar-refractivity contribution < 1.29 is 9.53 Å². The number of amides is 1. The molecule has 1 aromatic rings. The van der Waals surface area contributed by atoms with Crippen molar-refractivity contribution >= 4 is 17.5 Å². The number of rotatable bonds is 3. The Bertz CT molecular complexity index is 495. The molecular formula is C15H19ClN2O2. The van der Waals surface area contributed by atoms with Crippen LogP contribution in [0, 0.1) is 11.8 Å². The van der Waals surface area contributed by atoms with Gasteiger partial charge in [-0.25, -0.2) is 0 Å². The zero-order chi connectivity index (χ0) is 13.9. The normalized spacial score (nSPS) is 25.4. The van der Waals surface area contributed by atoms with Gasteiger partial charge in [0.05, 0.1) is 0 Å². The van der Waals surface area contributed by atoms with Crippen molar-refractivity contribution in [3.05, 3.63) is 29.3 Å². The molecule has 2 aliphatic rings. The number of hydrogen-bond donors (Lipinski definition) is 1. The number of carbonyl (C=O) groups excluding carboxylic acids is 1. The van der Waals surface area contributed by atoms with E-state index in [4.69, 9.17) is 16.3 Å². The third-order valence-electron chi connectivity index (χ3n) is 4.22. The lowest BCUT2D eigenvalue weighted by atomic mass is 9.89. The lowest BCUT2D eigenvalue weighted by Gasteiger charge is -2.34. The van der Waals surface area contributed by atoms with Gasteiger partial charge in [-0.05, 0) is 49.5 Å². The first-order valence-electron chi connectivity index (χ1n) is 7.09. The molecule has 0 spiro atoms. The molecule has 2 aliphatic heterocycles. The molecule has 4 nitrogen and oxygen atoms in total. The molecule has 1 N–H and O–H groups in total. The molecule has 0 bridgehead atoms. The van der Waals surface area contributed by atoms with Crippen LogP contribution in [-0.4, -0.2) is 43.6 Å². The topological polar surface area (TPSA) is 41.6 Å². The van der Waals surface area contributed by atoms with Crippen molar-refractivity contribution in [3.8, 4) is 5.75 Å². The van der Waals surface area contributed by atoms with Crippen molar-refractivity contribution in [2.75, 3.05) is 32.8 Å². The molecule has 0 saturated carbocycles. The Hall–Kier alpha value is -1.26. The van der Waals surface area contributed by atoms with Gasteiger partial charge in [0.1, 0.15) is 5.75 Å². The average molecular weight is 295 g/mol. The number of likely N-dealkylation sites (tertiary alicyclic amines) is 1. The molecule has 1 amide bonds. The Kier molecular flexibility index (Phi) is 4.13. The van der Waals surface area contributed by atoms with Crippen molar-refractivity contribution in [1.82, 2.24) is 10.2 Å². The second-order valence-electron chi connectivity index (χ2n) is 5.55. The largest absolute Gasteiger partial charge is 0.484 e. The van der Waals surface area contributed by atoms with Gasteiger partial charge in [-0.15, -0.1) is 0 Å². The smallest absolute Gasteiger partial charge is 0.260 e. The van der Waals surface area contributed by atoms with Gasteiger partial charge in [0, 0.05) is 18.1 Å². The van der Waals surface area contributed by atoms with E-state index in [0.717, 1.165) is 38.5 Å². The number of piperidine rings is 1. The summed E-state index contributed by atoms with van der Waals surface area (Å²) >= 11 is 5.89. The van der Waals surface area contributed by atoms with Crippen molar-refractivity contribution in [1.29, 1.82) is 0 Å². The average Bonchev–Trinajstić information content (AvgIpc) is 2.92. The molecule has 0 aromatic heterocycles. The maximum atomic E-state index is 12.2. The van der Waals surface area contributed by atoms with Gasteiger partial charge in [0.25, 0.3) is 5.91 Å². The summed E-state index contributed by atoms with van der Waals surface area (Å²) in [4.78, 5) is 14.1. The summed E-state index contributed by atoms with van der Waals surface area (Å²) in [6.45, 7) is 3.93. The summed E-state index contributed by atoms with van der Waals surface area (Å²) in [7, 11) is 0. The Labute approximate surface area is 124 Å². The third kappa shape index (κ3) is 3.07. The molecule has 2 atom stereocenters. The quantitative estimate of drug-likeness (QED) is 0.924. The summed E-state index contributed by atoms with van der Waals surface area (Å²) in [5.74, 6) is 2.06. The Morgan fingerprint density at radius 2 is 2.25 bits per heavy atom. The maximum absolute atomic E-state index is 12.2. The molecule has 3 rings (SSSR count). The van der Waals surface area contributed by atoms with E-state index in [0.29, 0.717) is 16.7 Å². The molecular weight excluding hydrogens is 276 g/mol. The van der Waals surface area contributed by atoms with Gasteiger partial charge in [0.15, 0.2) is 6.61 Å². The summed E-state index contributed by atoms with van der Waals surface area (Å²) in [5.41, 5.74) is 0. The zero-order valence-corrected chi connectivity index (χ0v) is 12.1. The predicted molar refractivity (Wildman–Crippen MR) is 78.0 cm³/mol. The van der Waals surface area contributed by atoms with E-state index >= 15 is 0 Å². The number of fused-ring (bicyclic) bond motifs is 1. The van der Waals surface area contributed by atoms with Crippen LogP contribution in [0.1, 0.15) is 6.42 Å². The van der Waals surface area contributed by atoms with Crippen LogP contribution in [0.4, 0.5) is 0 Å². The van der Waals surface area contributed by atoms with Crippen LogP contribution in [0.5, 0.6) is 5.75 Å². The van der Waals surface area contributed by atoms with Gasteiger partial charge in [-0.1, -0.05) is 17.7 Å². The van der Waals surface area contributed by atoms with Crippen LogP contribution in [-0.2, 0) is 4.79 Å². The van der Waals surface area contributed by atoms with Crippen LogP contribution in [0.25, 0.3) is 0 Å². The molecule has 2 unspecified atom stereocenters. The standard InChI is InChI=1S/C15H19ClN2O2/c16-13-2-1-3-14(6-13)20-10-15(19)18-5-4-11-7-17-8-12(11)9-18/h1-3,6,11-12,17H,4-5,7-10H2. The molecule has 5 heteroatoms. The SMILES string of the molecule is O=C(COc1cccc(Cl)c1)N1CCC2CNCC2C1. The van der Waals surface area contributed by atoms with Crippen LogP contribution >= 0.6 is 11.6 Å². The highest BCUT2D eigenvalue weighted by Gasteiger charge is 2.34. The fourth-order valence-electron chi connectivity index (χ4n) is 3.05. The minimum absolute atomic E-state index is 0.0651. The fourth-order valence-corrected chi connectivity index (χ4v) is 3.23. The summed E-state index contributed by atoms with van der Waals surface area (Å²) in [6, 6.07) is 7.14.